The Hall–Kier alpha value is -2.24. The summed E-state index contributed by atoms with van der Waals surface area (Å²) in [5.41, 5.74) is 3.00. The van der Waals surface area contributed by atoms with Crippen molar-refractivity contribution < 1.29 is 4.63 Å². The van der Waals surface area contributed by atoms with E-state index in [0.29, 0.717) is 11.0 Å². The van der Waals surface area contributed by atoms with Gasteiger partial charge in [0.15, 0.2) is 0 Å². The number of aromatic amines is 1. The highest BCUT2D eigenvalue weighted by Crippen LogP contribution is 2.23. The highest BCUT2D eigenvalue weighted by molar-refractivity contribution is 5.89. The molecule has 2 aromatic heterocycles. The van der Waals surface area contributed by atoms with Gasteiger partial charge in [-0.25, -0.2) is 4.63 Å². The maximum absolute atomic E-state index is 4.65. The van der Waals surface area contributed by atoms with E-state index >= 15 is 0 Å². The predicted octanol–water partition coefficient (Wildman–Crippen LogP) is 1.01. The van der Waals surface area contributed by atoms with Crippen LogP contribution in [0.15, 0.2) is 29.0 Å². The molecule has 0 spiro atoms. The first-order valence-electron chi connectivity index (χ1n) is 4.02. The summed E-state index contributed by atoms with van der Waals surface area (Å²) in [5, 5.41) is 17.8. The minimum absolute atomic E-state index is 0.696. The molecule has 0 aliphatic heterocycles. The third-order valence-electron chi connectivity index (χ3n) is 1.98. The number of nitrogens with one attached hydrogen (secondary N) is 1. The average Bonchev–Trinajstić information content (AvgIpc) is 2.88. The van der Waals surface area contributed by atoms with Gasteiger partial charge in [0.05, 0.1) is 6.20 Å². The van der Waals surface area contributed by atoms with Gasteiger partial charge in [-0.15, -0.1) is 0 Å². The van der Waals surface area contributed by atoms with Crippen molar-refractivity contribution in [1.82, 2.24) is 25.7 Å². The molecule has 2 heterocycles. The van der Waals surface area contributed by atoms with E-state index in [1.54, 1.807) is 6.20 Å². The standard InChI is InChI=1S/C8H5N5O/c1-2-5(7-4-9-13-10-7)8-6(3-1)11-14-12-8/h1-4H,(H,9,10,13). The zero-order chi connectivity index (χ0) is 9.38. The van der Waals surface area contributed by atoms with Gasteiger partial charge >= 0.3 is 0 Å². The molecule has 0 aliphatic carbocycles. The Morgan fingerprint density at radius 1 is 1.21 bits per heavy atom. The van der Waals surface area contributed by atoms with E-state index in [2.05, 4.69) is 30.4 Å². The summed E-state index contributed by atoms with van der Waals surface area (Å²) in [5.74, 6) is 0. The van der Waals surface area contributed by atoms with Crippen molar-refractivity contribution in [2.45, 2.75) is 0 Å². The van der Waals surface area contributed by atoms with Gasteiger partial charge in [0.25, 0.3) is 0 Å². The smallest absolute Gasteiger partial charge is 0.144 e. The van der Waals surface area contributed by atoms with Crippen molar-refractivity contribution in [2.24, 2.45) is 0 Å². The van der Waals surface area contributed by atoms with Gasteiger partial charge < -0.3 is 0 Å². The maximum atomic E-state index is 4.65. The number of hydrogen-bond acceptors (Lipinski definition) is 5. The Morgan fingerprint density at radius 3 is 3.07 bits per heavy atom. The van der Waals surface area contributed by atoms with Crippen LogP contribution < -0.4 is 0 Å². The largest absolute Gasteiger partial charge is 0.243 e. The van der Waals surface area contributed by atoms with Gasteiger partial charge in [-0.05, 0) is 16.4 Å². The average molecular weight is 187 g/mol. The highest BCUT2D eigenvalue weighted by Gasteiger charge is 2.09. The van der Waals surface area contributed by atoms with E-state index in [1.165, 1.54) is 0 Å². The molecule has 0 bridgehead atoms. The highest BCUT2D eigenvalue weighted by atomic mass is 16.6. The number of fused-ring (bicyclic) bond motifs is 1. The first kappa shape index (κ1) is 7.19. The van der Waals surface area contributed by atoms with Gasteiger partial charge in [0.1, 0.15) is 16.7 Å². The van der Waals surface area contributed by atoms with Crippen LogP contribution >= 0.6 is 0 Å². The maximum Gasteiger partial charge on any atom is 0.144 e. The number of rotatable bonds is 1. The lowest BCUT2D eigenvalue weighted by atomic mass is 10.1. The molecule has 3 aromatic rings. The molecule has 0 amide bonds. The minimum atomic E-state index is 0.696. The number of hydrogen-bond donors (Lipinski definition) is 1. The van der Waals surface area contributed by atoms with Crippen molar-refractivity contribution in [3.8, 4) is 11.3 Å². The summed E-state index contributed by atoms with van der Waals surface area (Å²) in [7, 11) is 0. The third-order valence-corrected chi connectivity index (χ3v) is 1.98. The van der Waals surface area contributed by atoms with Gasteiger partial charge in [-0.3, -0.25) is 0 Å². The van der Waals surface area contributed by atoms with Crippen molar-refractivity contribution in [2.75, 3.05) is 0 Å². The fourth-order valence-corrected chi connectivity index (χ4v) is 1.34. The quantitative estimate of drug-likeness (QED) is 0.614. The normalized spacial score (nSPS) is 10.9. The summed E-state index contributed by atoms with van der Waals surface area (Å²) >= 11 is 0. The minimum Gasteiger partial charge on any atom is -0.243 e. The van der Waals surface area contributed by atoms with Gasteiger partial charge in [0.2, 0.25) is 0 Å². The summed E-state index contributed by atoms with van der Waals surface area (Å²) in [6.45, 7) is 0. The summed E-state index contributed by atoms with van der Waals surface area (Å²) in [6.07, 6.45) is 1.63. The van der Waals surface area contributed by atoms with Crippen LogP contribution in [0.3, 0.4) is 0 Å². The lowest BCUT2D eigenvalue weighted by Gasteiger charge is -1.93. The van der Waals surface area contributed by atoms with Crippen LogP contribution in [-0.2, 0) is 0 Å². The number of H-pyrrole nitrogens is 1. The van der Waals surface area contributed by atoms with Crippen molar-refractivity contribution in [3.63, 3.8) is 0 Å². The molecule has 6 nitrogen and oxygen atoms in total. The number of benzene rings is 1. The molecule has 3 rings (SSSR count). The van der Waals surface area contributed by atoms with Crippen LogP contribution in [0.1, 0.15) is 0 Å². The number of nitrogens with zero attached hydrogens (tertiary/aromatic N) is 4. The Balaban J connectivity index is 2.36. The molecule has 0 unspecified atom stereocenters. The van der Waals surface area contributed by atoms with E-state index in [1.807, 2.05) is 18.2 Å². The molecule has 0 saturated heterocycles. The number of aromatic nitrogens is 5. The molecular weight excluding hydrogens is 182 g/mol. The lowest BCUT2D eigenvalue weighted by Crippen LogP contribution is -1.80. The van der Waals surface area contributed by atoms with Crippen LogP contribution in [0.5, 0.6) is 0 Å². The molecule has 14 heavy (non-hydrogen) atoms. The molecule has 6 heteroatoms. The van der Waals surface area contributed by atoms with Gasteiger partial charge in [0, 0.05) is 5.56 Å². The zero-order valence-electron chi connectivity index (χ0n) is 7.01. The second-order valence-electron chi connectivity index (χ2n) is 2.79. The SMILES string of the molecule is c1cc(-c2cn[nH]n2)c2nonc2c1. The fourth-order valence-electron chi connectivity index (χ4n) is 1.34. The predicted molar refractivity (Wildman–Crippen MR) is 47.2 cm³/mol. The van der Waals surface area contributed by atoms with Crippen molar-refractivity contribution in [3.05, 3.63) is 24.4 Å². The monoisotopic (exact) mass is 187 g/mol. The van der Waals surface area contributed by atoms with E-state index in [-0.39, 0.29) is 0 Å². The van der Waals surface area contributed by atoms with E-state index in [4.69, 9.17) is 0 Å². The zero-order valence-corrected chi connectivity index (χ0v) is 7.01. The second-order valence-corrected chi connectivity index (χ2v) is 2.79. The molecule has 1 N–H and O–H groups in total. The Labute approximate surface area is 77.9 Å². The van der Waals surface area contributed by atoms with Crippen molar-refractivity contribution in [1.29, 1.82) is 0 Å². The topological polar surface area (TPSA) is 80.5 Å². The van der Waals surface area contributed by atoms with Crippen LogP contribution in [0.25, 0.3) is 22.3 Å². The summed E-state index contributed by atoms with van der Waals surface area (Å²) < 4.78 is 4.65. The van der Waals surface area contributed by atoms with Crippen LogP contribution in [0.4, 0.5) is 0 Å². The summed E-state index contributed by atoms with van der Waals surface area (Å²) in [4.78, 5) is 0. The van der Waals surface area contributed by atoms with E-state index in [9.17, 15) is 0 Å². The lowest BCUT2D eigenvalue weighted by molar-refractivity contribution is 0.315. The molecule has 0 atom stereocenters. The Morgan fingerprint density at radius 2 is 2.21 bits per heavy atom. The molecule has 0 radical (unpaired) electrons. The van der Waals surface area contributed by atoms with Crippen molar-refractivity contribution >= 4 is 11.0 Å². The fraction of sp³-hybridized carbons (Fsp3) is 0. The summed E-state index contributed by atoms with van der Waals surface area (Å²) in [6, 6.07) is 5.59. The van der Waals surface area contributed by atoms with E-state index < -0.39 is 0 Å². The van der Waals surface area contributed by atoms with Crippen LogP contribution in [-0.4, -0.2) is 25.7 Å². The first-order valence-corrected chi connectivity index (χ1v) is 4.02. The molecule has 0 fully saturated rings. The third kappa shape index (κ3) is 0.905. The van der Waals surface area contributed by atoms with Crippen LogP contribution in [0, 0.1) is 0 Å². The molecule has 1 aromatic carbocycles. The Bertz CT molecular complexity index is 556. The molecular formula is C8H5N5O. The van der Waals surface area contributed by atoms with Gasteiger partial charge in [-0.1, -0.05) is 12.1 Å². The van der Waals surface area contributed by atoms with Crippen LogP contribution in [0.2, 0.25) is 0 Å². The van der Waals surface area contributed by atoms with Gasteiger partial charge in [-0.2, -0.15) is 15.4 Å². The molecule has 0 saturated carbocycles. The Kier molecular flexibility index (Phi) is 1.35. The molecule has 68 valence electrons. The van der Waals surface area contributed by atoms with E-state index in [0.717, 1.165) is 11.3 Å². The molecule has 0 aliphatic rings. The second kappa shape index (κ2) is 2.63. The first-order chi connectivity index (χ1) is 6.95.